The molecule has 0 N–H and O–H groups in total. The fraction of sp³-hybridized carbons (Fsp3) is 0.833. The monoisotopic (exact) mass is 132 g/mol. The van der Waals surface area contributed by atoms with E-state index in [1.54, 1.807) is 11.8 Å². The van der Waals surface area contributed by atoms with Gasteiger partial charge in [0.25, 0.3) is 0 Å². The maximum atomic E-state index is 10.7. The smallest absolute Gasteiger partial charge is 0.145 e. The van der Waals surface area contributed by atoms with E-state index in [1.807, 2.05) is 20.1 Å². The van der Waals surface area contributed by atoms with E-state index in [1.165, 1.54) is 0 Å². The molecular formula is C6H12OS. The Kier molecular flexibility index (Phi) is 3.97. The van der Waals surface area contributed by atoms with Crippen molar-refractivity contribution in [2.24, 2.45) is 5.92 Å². The van der Waals surface area contributed by atoms with Gasteiger partial charge in [0.15, 0.2) is 0 Å². The summed E-state index contributed by atoms with van der Waals surface area (Å²) in [4.78, 5) is 10.7. The van der Waals surface area contributed by atoms with Gasteiger partial charge in [0, 0.05) is 5.92 Å². The zero-order valence-corrected chi connectivity index (χ0v) is 6.42. The van der Waals surface area contributed by atoms with Crippen molar-refractivity contribution >= 4 is 17.5 Å². The van der Waals surface area contributed by atoms with E-state index in [9.17, 15) is 4.79 Å². The lowest BCUT2D eigenvalue weighted by Crippen LogP contribution is -2.08. The summed E-state index contributed by atoms with van der Waals surface area (Å²) in [5.74, 6) is 1.22. The quantitative estimate of drug-likeness (QED) is 0.580. The average molecular weight is 132 g/mol. The topological polar surface area (TPSA) is 17.1 Å². The number of hydrogen-bond donors (Lipinski definition) is 0. The Bertz CT molecular complexity index is 78.6. The third kappa shape index (κ3) is 3.08. The normalized spacial score (nSPS) is 10.0. The lowest BCUT2D eigenvalue weighted by Gasteiger charge is -1.98. The fourth-order valence-corrected chi connectivity index (χ4v) is 0.927. The van der Waals surface area contributed by atoms with Gasteiger partial charge < -0.3 is 0 Å². The first-order valence-electron chi connectivity index (χ1n) is 2.70. The van der Waals surface area contributed by atoms with Gasteiger partial charge in [0.1, 0.15) is 5.78 Å². The number of carbonyl (C=O) groups is 1. The van der Waals surface area contributed by atoms with Gasteiger partial charge >= 0.3 is 0 Å². The summed E-state index contributed by atoms with van der Waals surface area (Å²) in [6.07, 6.45) is 1.94. The average Bonchev–Trinajstić information content (AvgIpc) is 1.67. The fourth-order valence-electron chi connectivity index (χ4n) is 0.309. The zero-order valence-electron chi connectivity index (χ0n) is 5.60. The van der Waals surface area contributed by atoms with E-state index in [-0.39, 0.29) is 5.92 Å². The van der Waals surface area contributed by atoms with E-state index in [0.29, 0.717) is 11.5 Å². The zero-order chi connectivity index (χ0) is 6.57. The SMILES string of the molecule is CSCC(=O)C(C)C. The van der Waals surface area contributed by atoms with Gasteiger partial charge in [-0.1, -0.05) is 13.8 Å². The molecular weight excluding hydrogens is 120 g/mol. The second-order valence-corrected chi connectivity index (χ2v) is 2.92. The highest BCUT2D eigenvalue weighted by Crippen LogP contribution is 2.00. The Labute approximate surface area is 54.8 Å². The minimum absolute atomic E-state index is 0.211. The van der Waals surface area contributed by atoms with Crippen molar-refractivity contribution in [2.45, 2.75) is 13.8 Å². The first kappa shape index (κ1) is 8.02. The lowest BCUT2D eigenvalue weighted by atomic mass is 10.1. The number of ketones is 1. The predicted octanol–water partition coefficient (Wildman–Crippen LogP) is 1.57. The van der Waals surface area contributed by atoms with Crippen molar-refractivity contribution in [1.29, 1.82) is 0 Å². The highest BCUT2D eigenvalue weighted by Gasteiger charge is 2.03. The lowest BCUT2D eigenvalue weighted by molar-refractivity contribution is -0.119. The second kappa shape index (κ2) is 3.96. The van der Waals surface area contributed by atoms with Crippen LogP contribution in [0.4, 0.5) is 0 Å². The molecule has 0 spiro atoms. The molecule has 0 saturated carbocycles. The van der Waals surface area contributed by atoms with Gasteiger partial charge in [0.05, 0.1) is 5.75 Å². The van der Waals surface area contributed by atoms with E-state index >= 15 is 0 Å². The number of Topliss-reactive ketones (excluding diaryl/α,β-unsaturated/α-hetero) is 1. The molecule has 0 aromatic carbocycles. The minimum Gasteiger partial charge on any atom is -0.298 e. The number of thioether (sulfide) groups is 1. The molecule has 2 heteroatoms. The highest BCUT2D eigenvalue weighted by molar-refractivity contribution is 7.99. The molecule has 0 aliphatic rings. The molecule has 0 bridgehead atoms. The predicted molar refractivity (Wildman–Crippen MR) is 38.2 cm³/mol. The van der Waals surface area contributed by atoms with Crippen LogP contribution in [0.5, 0.6) is 0 Å². The van der Waals surface area contributed by atoms with E-state index in [2.05, 4.69) is 0 Å². The molecule has 0 heterocycles. The van der Waals surface area contributed by atoms with Gasteiger partial charge in [-0.25, -0.2) is 0 Å². The molecule has 0 saturated heterocycles. The van der Waals surface area contributed by atoms with Gasteiger partial charge in [-0.3, -0.25) is 4.79 Å². The molecule has 0 amide bonds. The summed E-state index contributed by atoms with van der Waals surface area (Å²) in [6, 6.07) is 0. The largest absolute Gasteiger partial charge is 0.298 e. The van der Waals surface area contributed by atoms with Crippen molar-refractivity contribution in [3.63, 3.8) is 0 Å². The van der Waals surface area contributed by atoms with Gasteiger partial charge in [-0.05, 0) is 6.26 Å². The van der Waals surface area contributed by atoms with Gasteiger partial charge in [-0.2, -0.15) is 11.8 Å². The summed E-state index contributed by atoms with van der Waals surface area (Å²) >= 11 is 1.59. The van der Waals surface area contributed by atoms with Crippen molar-refractivity contribution in [3.05, 3.63) is 0 Å². The van der Waals surface area contributed by atoms with Crippen LogP contribution in [0.25, 0.3) is 0 Å². The highest BCUT2D eigenvalue weighted by atomic mass is 32.2. The van der Waals surface area contributed by atoms with E-state index < -0.39 is 0 Å². The van der Waals surface area contributed by atoms with Crippen LogP contribution >= 0.6 is 11.8 Å². The summed E-state index contributed by atoms with van der Waals surface area (Å²) in [5, 5.41) is 0. The Morgan fingerprint density at radius 1 is 1.62 bits per heavy atom. The number of carbonyl (C=O) groups excluding carboxylic acids is 1. The maximum absolute atomic E-state index is 10.7. The van der Waals surface area contributed by atoms with Crippen molar-refractivity contribution in [2.75, 3.05) is 12.0 Å². The number of hydrogen-bond acceptors (Lipinski definition) is 2. The third-order valence-electron chi connectivity index (χ3n) is 0.931. The molecule has 48 valence electrons. The standard InChI is InChI=1S/C6H12OS/c1-5(2)6(7)4-8-3/h5H,4H2,1-3H3. The Morgan fingerprint density at radius 2 is 2.12 bits per heavy atom. The van der Waals surface area contributed by atoms with Gasteiger partial charge in [-0.15, -0.1) is 0 Å². The number of rotatable bonds is 3. The molecule has 0 radical (unpaired) electrons. The van der Waals surface area contributed by atoms with Crippen LogP contribution in [0.1, 0.15) is 13.8 Å². The van der Waals surface area contributed by atoms with Crippen LogP contribution in [0.2, 0.25) is 0 Å². The van der Waals surface area contributed by atoms with E-state index in [4.69, 9.17) is 0 Å². The second-order valence-electron chi connectivity index (χ2n) is 2.05. The Balaban J connectivity index is 3.33. The molecule has 0 atom stereocenters. The van der Waals surface area contributed by atoms with Crippen molar-refractivity contribution in [3.8, 4) is 0 Å². The molecule has 0 unspecified atom stereocenters. The van der Waals surface area contributed by atoms with Crippen LogP contribution in [-0.4, -0.2) is 17.8 Å². The van der Waals surface area contributed by atoms with Crippen LogP contribution < -0.4 is 0 Å². The van der Waals surface area contributed by atoms with Gasteiger partial charge in [0.2, 0.25) is 0 Å². The molecule has 0 aliphatic carbocycles. The molecule has 8 heavy (non-hydrogen) atoms. The first-order chi connectivity index (χ1) is 3.68. The first-order valence-corrected chi connectivity index (χ1v) is 4.09. The summed E-state index contributed by atoms with van der Waals surface area (Å²) in [6.45, 7) is 3.86. The molecule has 0 fully saturated rings. The van der Waals surface area contributed by atoms with Crippen LogP contribution in [0.15, 0.2) is 0 Å². The van der Waals surface area contributed by atoms with Crippen LogP contribution in [0, 0.1) is 5.92 Å². The van der Waals surface area contributed by atoms with Crippen LogP contribution in [0.3, 0.4) is 0 Å². The molecule has 0 aromatic rings. The summed E-state index contributed by atoms with van der Waals surface area (Å²) < 4.78 is 0. The summed E-state index contributed by atoms with van der Waals surface area (Å²) in [7, 11) is 0. The minimum atomic E-state index is 0.211. The summed E-state index contributed by atoms with van der Waals surface area (Å²) in [5.41, 5.74) is 0. The maximum Gasteiger partial charge on any atom is 0.145 e. The molecule has 1 nitrogen and oxygen atoms in total. The molecule has 0 aliphatic heterocycles. The third-order valence-corrected chi connectivity index (χ3v) is 1.50. The van der Waals surface area contributed by atoms with Crippen molar-refractivity contribution < 1.29 is 4.79 Å². The van der Waals surface area contributed by atoms with E-state index in [0.717, 1.165) is 0 Å². The Morgan fingerprint density at radius 3 is 2.25 bits per heavy atom. The van der Waals surface area contributed by atoms with Crippen LogP contribution in [-0.2, 0) is 4.79 Å². The van der Waals surface area contributed by atoms with Crippen molar-refractivity contribution in [1.82, 2.24) is 0 Å². The molecule has 0 aromatic heterocycles. The molecule has 0 rings (SSSR count). The Hall–Kier alpha value is 0.0200.